The number of aryl methyl sites for hydroxylation is 4. The molecular weight excluding hydrogens is 520 g/mol. The molecule has 43 heavy (non-hydrogen) atoms. The Hall–Kier alpha value is -5.08. The van der Waals surface area contributed by atoms with Gasteiger partial charge in [0.05, 0.1) is 0 Å². The number of benzene rings is 6. The topological polar surface area (TPSA) is 6.48 Å². The highest BCUT2D eigenvalue weighted by atomic mass is 15.1. The smallest absolute Gasteiger partial charge is 0.0491 e. The summed E-state index contributed by atoms with van der Waals surface area (Å²) in [6.07, 6.45) is 1.03. The van der Waals surface area contributed by atoms with Crippen LogP contribution in [0.4, 0.5) is 34.1 Å². The first-order chi connectivity index (χ1) is 21.0. The minimum atomic E-state index is 1.03. The van der Waals surface area contributed by atoms with Crippen molar-refractivity contribution in [1.82, 2.24) is 0 Å². The molecule has 0 atom stereocenters. The molecule has 0 bridgehead atoms. The molecule has 0 heterocycles. The molecule has 2 heteroatoms. The van der Waals surface area contributed by atoms with Crippen molar-refractivity contribution in [2.24, 2.45) is 0 Å². The van der Waals surface area contributed by atoms with Crippen molar-refractivity contribution in [3.8, 4) is 11.1 Å². The van der Waals surface area contributed by atoms with Gasteiger partial charge in [0.15, 0.2) is 0 Å². The highest BCUT2D eigenvalue weighted by molar-refractivity contribution is 5.83. The fourth-order valence-electron chi connectivity index (χ4n) is 5.84. The highest BCUT2D eigenvalue weighted by Gasteiger charge is 2.17. The quantitative estimate of drug-likeness (QED) is 0.183. The standard InChI is InChI=1S/C41H38N2/c1-5-33-19-28-41(32(4)29-33)43(40-18-12-10-14-31(40)3)38-26-22-35(23-27-38)34-20-24-37(25-21-34)42(36-15-7-6-8-16-36)39-17-11-9-13-30(39)2/h6-29H,5H2,1-4H3. The van der Waals surface area contributed by atoms with Gasteiger partial charge in [-0.25, -0.2) is 0 Å². The Morgan fingerprint density at radius 1 is 0.395 bits per heavy atom. The van der Waals surface area contributed by atoms with Crippen LogP contribution in [0.1, 0.15) is 29.2 Å². The second kappa shape index (κ2) is 12.4. The molecule has 0 aliphatic carbocycles. The molecule has 6 aromatic carbocycles. The SMILES string of the molecule is CCc1ccc(N(c2ccc(-c3ccc(N(c4ccccc4)c4ccccc4C)cc3)cc2)c2ccccc2C)c(C)c1. The third kappa shape index (κ3) is 5.82. The molecule has 0 aliphatic rings. The molecule has 0 fully saturated rings. The van der Waals surface area contributed by atoms with Crippen LogP contribution in [0.25, 0.3) is 11.1 Å². The summed E-state index contributed by atoms with van der Waals surface area (Å²) in [5.74, 6) is 0. The van der Waals surface area contributed by atoms with Gasteiger partial charge in [0.25, 0.3) is 0 Å². The molecule has 0 aliphatic heterocycles. The molecule has 0 unspecified atom stereocenters. The fourth-order valence-corrected chi connectivity index (χ4v) is 5.84. The van der Waals surface area contributed by atoms with Gasteiger partial charge in [-0.3, -0.25) is 0 Å². The average molecular weight is 559 g/mol. The second-order valence-corrected chi connectivity index (χ2v) is 11.1. The Kier molecular flexibility index (Phi) is 8.11. The predicted molar refractivity (Wildman–Crippen MR) is 185 cm³/mol. The molecule has 2 nitrogen and oxygen atoms in total. The molecular formula is C41H38N2. The lowest BCUT2D eigenvalue weighted by Gasteiger charge is -2.29. The molecule has 0 saturated heterocycles. The Labute approximate surface area is 256 Å². The van der Waals surface area contributed by atoms with Crippen molar-refractivity contribution >= 4 is 34.1 Å². The second-order valence-electron chi connectivity index (χ2n) is 11.1. The van der Waals surface area contributed by atoms with E-state index in [-0.39, 0.29) is 0 Å². The van der Waals surface area contributed by atoms with Crippen LogP contribution in [0.3, 0.4) is 0 Å². The summed E-state index contributed by atoms with van der Waals surface area (Å²) in [5, 5.41) is 0. The third-order valence-electron chi connectivity index (χ3n) is 8.22. The molecule has 0 N–H and O–H groups in total. The number of anilines is 6. The predicted octanol–water partition coefficient (Wildman–Crippen LogP) is 11.8. The molecule has 0 saturated carbocycles. The van der Waals surface area contributed by atoms with Crippen molar-refractivity contribution in [3.05, 3.63) is 168 Å². The normalized spacial score (nSPS) is 10.9. The van der Waals surface area contributed by atoms with E-state index in [1.165, 1.54) is 50.4 Å². The van der Waals surface area contributed by atoms with Crippen molar-refractivity contribution in [2.75, 3.05) is 9.80 Å². The number of rotatable bonds is 8. The zero-order chi connectivity index (χ0) is 29.8. The van der Waals surface area contributed by atoms with Crippen molar-refractivity contribution in [3.63, 3.8) is 0 Å². The Bertz CT molecular complexity index is 1820. The monoisotopic (exact) mass is 558 g/mol. The summed E-state index contributed by atoms with van der Waals surface area (Å²) in [5.41, 5.74) is 14.5. The molecule has 0 radical (unpaired) electrons. The summed E-state index contributed by atoms with van der Waals surface area (Å²) in [4.78, 5) is 4.71. The van der Waals surface area contributed by atoms with E-state index >= 15 is 0 Å². The fraction of sp³-hybridized carbons (Fsp3) is 0.122. The summed E-state index contributed by atoms with van der Waals surface area (Å²) in [6.45, 7) is 8.77. The molecule has 0 aromatic heterocycles. The van der Waals surface area contributed by atoms with E-state index in [1.54, 1.807) is 0 Å². The third-order valence-corrected chi connectivity index (χ3v) is 8.22. The first kappa shape index (κ1) is 28.1. The van der Waals surface area contributed by atoms with E-state index in [2.05, 4.69) is 183 Å². The molecule has 212 valence electrons. The van der Waals surface area contributed by atoms with Gasteiger partial charge in [0, 0.05) is 34.1 Å². The van der Waals surface area contributed by atoms with Crippen LogP contribution in [0.15, 0.2) is 146 Å². The van der Waals surface area contributed by atoms with Gasteiger partial charge in [-0.1, -0.05) is 97.9 Å². The van der Waals surface area contributed by atoms with Crippen LogP contribution in [0.2, 0.25) is 0 Å². The van der Waals surface area contributed by atoms with Crippen LogP contribution in [0.5, 0.6) is 0 Å². The zero-order valence-electron chi connectivity index (χ0n) is 25.5. The van der Waals surface area contributed by atoms with Crippen LogP contribution in [-0.2, 0) is 6.42 Å². The first-order valence-electron chi connectivity index (χ1n) is 15.1. The summed E-state index contributed by atoms with van der Waals surface area (Å²) >= 11 is 0. The number of nitrogens with zero attached hydrogens (tertiary/aromatic N) is 2. The summed E-state index contributed by atoms with van der Waals surface area (Å²) in [7, 11) is 0. The summed E-state index contributed by atoms with van der Waals surface area (Å²) in [6, 6.07) is 52.4. The van der Waals surface area contributed by atoms with E-state index in [9.17, 15) is 0 Å². The minimum Gasteiger partial charge on any atom is -0.310 e. The lowest BCUT2D eigenvalue weighted by molar-refractivity contribution is 1.12. The first-order valence-corrected chi connectivity index (χ1v) is 15.1. The maximum Gasteiger partial charge on any atom is 0.0491 e. The molecule has 0 amide bonds. The molecule has 6 aromatic rings. The Balaban J connectivity index is 1.35. The van der Waals surface area contributed by atoms with Crippen molar-refractivity contribution in [1.29, 1.82) is 0 Å². The highest BCUT2D eigenvalue weighted by Crippen LogP contribution is 2.40. The van der Waals surface area contributed by atoms with Gasteiger partial charge >= 0.3 is 0 Å². The minimum absolute atomic E-state index is 1.03. The van der Waals surface area contributed by atoms with Gasteiger partial charge in [0.2, 0.25) is 0 Å². The van der Waals surface area contributed by atoms with Crippen LogP contribution < -0.4 is 9.80 Å². The van der Waals surface area contributed by atoms with Crippen LogP contribution in [0, 0.1) is 20.8 Å². The molecule has 6 rings (SSSR count). The van der Waals surface area contributed by atoms with E-state index in [0.29, 0.717) is 0 Å². The van der Waals surface area contributed by atoms with Gasteiger partial charge in [-0.05, 0) is 115 Å². The van der Waals surface area contributed by atoms with Gasteiger partial charge in [-0.2, -0.15) is 0 Å². The van der Waals surface area contributed by atoms with E-state index in [4.69, 9.17) is 0 Å². The van der Waals surface area contributed by atoms with Crippen LogP contribution in [-0.4, -0.2) is 0 Å². The number of para-hydroxylation sites is 3. The Morgan fingerprint density at radius 3 is 1.35 bits per heavy atom. The van der Waals surface area contributed by atoms with Crippen molar-refractivity contribution < 1.29 is 0 Å². The maximum atomic E-state index is 2.39. The lowest BCUT2D eigenvalue weighted by Crippen LogP contribution is -2.12. The van der Waals surface area contributed by atoms with Gasteiger partial charge < -0.3 is 9.80 Å². The van der Waals surface area contributed by atoms with Gasteiger partial charge in [-0.15, -0.1) is 0 Å². The summed E-state index contributed by atoms with van der Waals surface area (Å²) < 4.78 is 0. The van der Waals surface area contributed by atoms with Crippen molar-refractivity contribution in [2.45, 2.75) is 34.1 Å². The number of hydrogen-bond acceptors (Lipinski definition) is 2. The average Bonchev–Trinajstić information content (AvgIpc) is 3.05. The number of hydrogen-bond donors (Lipinski definition) is 0. The maximum absolute atomic E-state index is 2.39. The largest absolute Gasteiger partial charge is 0.310 e. The van der Waals surface area contributed by atoms with Gasteiger partial charge in [0.1, 0.15) is 0 Å². The lowest BCUT2D eigenvalue weighted by atomic mass is 10.0. The zero-order valence-corrected chi connectivity index (χ0v) is 25.5. The Morgan fingerprint density at radius 2 is 0.837 bits per heavy atom. The molecule has 0 spiro atoms. The van der Waals surface area contributed by atoms with E-state index in [0.717, 1.165) is 23.5 Å². The van der Waals surface area contributed by atoms with Crippen LogP contribution >= 0.6 is 0 Å². The van der Waals surface area contributed by atoms with E-state index in [1.807, 2.05) is 0 Å². The van der Waals surface area contributed by atoms with E-state index < -0.39 is 0 Å².